The first-order chi connectivity index (χ1) is 19.4. The number of aliphatic hydroxyl groups excluding tert-OH is 1. The van der Waals surface area contributed by atoms with Crippen LogP contribution in [-0.4, -0.2) is 88.7 Å². The van der Waals surface area contributed by atoms with Crippen molar-refractivity contribution in [3.05, 3.63) is 60.2 Å². The topological polar surface area (TPSA) is 125 Å². The smallest absolute Gasteiger partial charge is 0.313 e. The van der Waals surface area contributed by atoms with Crippen molar-refractivity contribution in [1.29, 1.82) is 0 Å². The molecule has 10 heteroatoms. The Morgan fingerprint density at radius 3 is 2.65 bits per heavy atom. The van der Waals surface area contributed by atoms with E-state index in [1.165, 1.54) is 0 Å². The Kier molecular flexibility index (Phi) is 8.37. The fraction of sp³-hybridized carbons (Fsp3) is 0.533. The van der Waals surface area contributed by atoms with Crippen molar-refractivity contribution in [2.75, 3.05) is 26.2 Å². The van der Waals surface area contributed by atoms with Crippen LogP contribution in [0.1, 0.15) is 38.2 Å². The van der Waals surface area contributed by atoms with Crippen LogP contribution in [-0.2, 0) is 35.2 Å². The molecule has 1 aromatic rings. The molecule has 0 bridgehead atoms. The van der Waals surface area contributed by atoms with E-state index in [0.717, 1.165) is 5.56 Å². The van der Waals surface area contributed by atoms with Crippen LogP contribution in [0.15, 0.2) is 54.6 Å². The molecule has 2 fully saturated rings. The van der Waals surface area contributed by atoms with Crippen LogP contribution in [0.5, 0.6) is 0 Å². The maximum Gasteiger partial charge on any atom is 0.313 e. The van der Waals surface area contributed by atoms with Gasteiger partial charge in [-0.25, -0.2) is 0 Å². The number of hydrogen-bond donors (Lipinski definition) is 2. The number of nitrogens with zero attached hydrogens (tertiary/aromatic N) is 2. The second-order valence-electron chi connectivity index (χ2n) is 10.9. The van der Waals surface area contributed by atoms with E-state index in [1.807, 2.05) is 36.4 Å². The molecule has 4 heterocycles. The molecular formula is C30H37N3O7. The zero-order valence-corrected chi connectivity index (χ0v) is 22.7. The quantitative estimate of drug-likeness (QED) is 0.311. The van der Waals surface area contributed by atoms with Gasteiger partial charge in [0.15, 0.2) is 0 Å². The van der Waals surface area contributed by atoms with E-state index in [0.29, 0.717) is 32.4 Å². The number of allylic oxidation sites excluding steroid dienone is 1. The maximum absolute atomic E-state index is 14.3. The van der Waals surface area contributed by atoms with Crippen LogP contribution >= 0.6 is 0 Å². The normalized spacial score (nSPS) is 33.2. The van der Waals surface area contributed by atoms with E-state index in [-0.39, 0.29) is 43.8 Å². The number of amides is 3. The summed E-state index contributed by atoms with van der Waals surface area (Å²) in [5.41, 5.74) is -0.389. The summed E-state index contributed by atoms with van der Waals surface area (Å²) in [5, 5.41) is 12.1. The van der Waals surface area contributed by atoms with Gasteiger partial charge in [-0.05, 0) is 31.7 Å². The number of rotatable bonds is 6. The highest BCUT2D eigenvalue weighted by atomic mass is 16.6. The lowest BCUT2D eigenvalue weighted by atomic mass is 9.78. The van der Waals surface area contributed by atoms with Gasteiger partial charge in [0.25, 0.3) is 0 Å². The van der Waals surface area contributed by atoms with Gasteiger partial charge >= 0.3 is 5.97 Å². The van der Waals surface area contributed by atoms with Crippen LogP contribution < -0.4 is 5.32 Å². The number of benzene rings is 1. The maximum atomic E-state index is 14.3. The molecule has 1 aromatic carbocycles. The molecule has 40 heavy (non-hydrogen) atoms. The van der Waals surface area contributed by atoms with Gasteiger partial charge in [0, 0.05) is 32.7 Å². The van der Waals surface area contributed by atoms with E-state index in [2.05, 4.69) is 5.32 Å². The number of fused-ring (bicyclic) bond motifs is 2. The first-order valence-electron chi connectivity index (χ1n) is 14.1. The molecule has 0 radical (unpaired) electrons. The van der Waals surface area contributed by atoms with Gasteiger partial charge in [0.05, 0.1) is 18.6 Å². The molecular weight excluding hydrogens is 514 g/mol. The molecule has 0 aromatic heterocycles. The van der Waals surface area contributed by atoms with Crippen molar-refractivity contribution in [2.45, 2.75) is 63.0 Å². The van der Waals surface area contributed by atoms with Gasteiger partial charge < -0.3 is 29.7 Å². The number of carbonyl (C=O) groups is 4. The molecule has 10 nitrogen and oxygen atoms in total. The number of ether oxygens (including phenoxy) is 2. The average molecular weight is 552 g/mol. The molecule has 5 rings (SSSR count). The Labute approximate surface area is 234 Å². The molecule has 0 saturated carbocycles. The Balaban J connectivity index is 1.53. The molecule has 214 valence electrons. The van der Waals surface area contributed by atoms with E-state index in [4.69, 9.17) is 9.47 Å². The Morgan fingerprint density at radius 1 is 1.07 bits per heavy atom. The van der Waals surface area contributed by atoms with E-state index in [1.54, 1.807) is 35.0 Å². The Bertz CT molecular complexity index is 1190. The van der Waals surface area contributed by atoms with E-state index < -0.39 is 41.7 Å². The van der Waals surface area contributed by atoms with Gasteiger partial charge in [-0.2, -0.15) is 0 Å². The fourth-order valence-corrected chi connectivity index (χ4v) is 6.29. The van der Waals surface area contributed by atoms with Gasteiger partial charge in [-0.3, -0.25) is 19.2 Å². The molecule has 0 aliphatic carbocycles. The number of likely N-dealkylation sites (tertiary alicyclic amines) is 1. The predicted octanol–water partition coefficient (Wildman–Crippen LogP) is 1.34. The Hall–Kier alpha value is -3.50. The van der Waals surface area contributed by atoms with Crippen LogP contribution in [0, 0.1) is 11.8 Å². The second-order valence-corrected chi connectivity index (χ2v) is 10.9. The summed E-state index contributed by atoms with van der Waals surface area (Å²) in [7, 11) is 0. The number of esters is 1. The van der Waals surface area contributed by atoms with Crippen LogP contribution in [0.2, 0.25) is 0 Å². The van der Waals surface area contributed by atoms with Crippen molar-refractivity contribution in [3.8, 4) is 0 Å². The monoisotopic (exact) mass is 551 g/mol. The van der Waals surface area contributed by atoms with E-state index >= 15 is 0 Å². The lowest BCUT2D eigenvalue weighted by Gasteiger charge is -2.35. The SMILES string of the molecule is C[C@H]1CNC(=O)CC/C=C\[C@@H]2O[C@@]34C=CCN(Cc5ccccc5)C(=O)[C@@H]3N(CCCCO)C(=O)[C@H]4[C@@H]2C(=O)O1. The largest absolute Gasteiger partial charge is 0.460 e. The van der Waals surface area contributed by atoms with Crippen molar-refractivity contribution >= 4 is 23.7 Å². The Morgan fingerprint density at radius 2 is 1.88 bits per heavy atom. The molecule has 1 spiro atoms. The summed E-state index contributed by atoms with van der Waals surface area (Å²) in [5.74, 6) is -3.20. The summed E-state index contributed by atoms with van der Waals surface area (Å²) < 4.78 is 12.4. The summed E-state index contributed by atoms with van der Waals surface area (Å²) in [6, 6.07) is 8.69. The summed E-state index contributed by atoms with van der Waals surface area (Å²) in [6.45, 7) is 2.79. The number of unbranched alkanes of at least 4 members (excludes halogenated alkanes) is 1. The highest BCUT2D eigenvalue weighted by molar-refractivity contribution is 5.99. The number of aliphatic hydroxyl groups is 1. The standard InChI is InChI=1S/C30H37N3O7/c1-20-18-31-23(35)13-6-5-12-22-24(29(38)39-20)25-27(36)33(16-7-8-17-34)26-28(37)32(15-9-14-30(25,26)40-22)19-21-10-3-2-4-11-21/h2-5,9-12,14,20,22,24-26,34H,6-8,13,15-19H2,1H3,(H,31,35)/b12-5-/t20-,22-,24+,25+,26-,30+/m0/s1. The summed E-state index contributed by atoms with van der Waals surface area (Å²) in [6.07, 6.45) is 7.48. The minimum Gasteiger partial charge on any atom is -0.460 e. The highest BCUT2D eigenvalue weighted by Gasteiger charge is 2.71. The summed E-state index contributed by atoms with van der Waals surface area (Å²) >= 11 is 0. The van der Waals surface area contributed by atoms with Crippen LogP contribution in [0.4, 0.5) is 0 Å². The second kappa shape index (κ2) is 11.9. The fourth-order valence-electron chi connectivity index (χ4n) is 6.29. The summed E-state index contributed by atoms with van der Waals surface area (Å²) in [4.78, 5) is 57.4. The molecule has 6 atom stereocenters. The first kappa shape index (κ1) is 28.0. The third-order valence-electron chi connectivity index (χ3n) is 8.14. The zero-order valence-electron chi connectivity index (χ0n) is 22.7. The number of carbonyl (C=O) groups excluding carboxylic acids is 4. The number of hydrogen-bond acceptors (Lipinski definition) is 7. The van der Waals surface area contributed by atoms with Crippen molar-refractivity contribution in [3.63, 3.8) is 0 Å². The minimum atomic E-state index is -1.35. The van der Waals surface area contributed by atoms with Crippen molar-refractivity contribution < 1.29 is 33.8 Å². The lowest BCUT2D eigenvalue weighted by molar-refractivity contribution is -0.158. The van der Waals surface area contributed by atoms with Gasteiger partial charge in [0.1, 0.15) is 23.7 Å². The molecule has 4 aliphatic heterocycles. The lowest BCUT2D eigenvalue weighted by Crippen LogP contribution is -2.55. The molecule has 2 N–H and O–H groups in total. The predicted molar refractivity (Wildman–Crippen MR) is 144 cm³/mol. The average Bonchev–Trinajstić information content (AvgIpc) is 3.32. The number of nitrogens with one attached hydrogen (secondary N) is 1. The minimum absolute atomic E-state index is 0.0258. The van der Waals surface area contributed by atoms with Gasteiger partial charge in [-0.1, -0.05) is 54.6 Å². The molecule has 4 aliphatic rings. The third kappa shape index (κ3) is 5.30. The molecule has 3 amide bonds. The van der Waals surface area contributed by atoms with Gasteiger partial charge in [-0.15, -0.1) is 0 Å². The van der Waals surface area contributed by atoms with Crippen LogP contribution in [0.3, 0.4) is 0 Å². The molecule has 2 saturated heterocycles. The van der Waals surface area contributed by atoms with Crippen LogP contribution in [0.25, 0.3) is 0 Å². The van der Waals surface area contributed by atoms with Gasteiger partial charge in [0.2, 0.25) is 17.7 Å². The molecule has 0 unspecified atom stereocenters. The van der Waals surface area contributed by atoms with Crippen molar-refractivity contribution in [2.24, 2.45) is 11.8 Å². The van der Waals surface area contributed by atoms with Crippen molar-refractivity contribution in [1.82, 2.24) is 15.1 Å². The van der Waals surface area contributed by atoms with E-state index in [9.17, 15) is 24.3 Å². The highest BCUT2D eigenvalue weighted by Crippen LogP contribution is 2.53. The first-order valence-corrected chi connectivity index (χ1v) is 14.1. The third-order valence-corrected chi connectivity index (χ3v) is 8.14. The zero-order chi connectivity index (χ0) is 28.3. The number of cyclic esters (lactones) is 1.